The first kappa shape index (κ1) is 20.1. The Morgan fingerprint density at radius 3 is 2.72 bits per heavy atom. The van der Waals surface area contributed by atoms with Gasteiger partial charge in [-0.25, -0.2) is 0 Å². The average molecular weight is 367 g/mol. The van der Waals surface area contributed by atoms with E-state index in [4.69, 9.17) is 9.47 Å². The smallest absolute Gasteiger partial charge is 0.228 e. The number of piperidine rings is 1. The van der Waals surface area contributed by atoms with Crippen LogP contribution in [0.25, 0.3) is 0 Å². The zero-order valence-corrected chi connectivity index (χ0v) is 16.3. The highest BCUT2D eigenvalue weighted by molar-refractivity contribution is 7.99. The van der Waals surface area contributed by atoms with Crippen LogP contribution in [0.2, 0.25) is 0 Å². The highest BCUT2D eigenvalue weighted by atomic mass is 32.2. The zero-order chi connectivity index (χ0) is 18.1. The third kappa shape index (κ3) is 5.62. The number of carbonyl (C=O) groups is 1. The normalized spacial score (nSPS) is 17.7. The van der Waals surface area contributed by atoms with Crippen molar-refractivity contribution in [3.05, 3.63) is 24.3 Å². The Labute approximate surface area is 155 Å². The molecule has 5 nitrogen and oxygen atoms in total. The van der Waals surface area contributed by atoms with Crippen molar-refractivity contribution in [2.24, 2.45) is 11.3 Å². The van der Waals surface area contributed by atoms with Gasteiger partial charge < -0.3 is 20.1 Å². The van der Waals surface area contributed by atoms with Crippen LogP contribution in [-0.4, -0.2) is 52.1 Å². The van der Waals surface area contributed by atoms with Crippen molar-refractivity contribution in [1.82, 2.24) is 10.6 Å². The van der Waals surface area contributed by atoms with Gasteiger partial charge in [-0.1, -0.05) is 19.1 Å². The van der Waals surface area contributed by atoms with E-state index in [9.17, 15) is 4.79 Å². The van der Waals surface area contributed by atoms with E-state index in [-0.39, 0.29) is 11.3 Å². The van der Waals surface area contributed by atoms with Gasteiger partial charge in [0.15, 0.2) is 0 Å². The number of hydrogen-bond acceptors (Lipinski definition) is 5. The average Bonchev–Trinajstić information content (AvgIpc) is 2.65. The first-order valence-electron chi connectivity index (χ1n) is 8.85. The molecule has 0 aliphatic carbocycles. The topological polar surface area (TPSA) is 59.6 Å². The molecule has 0 saturated carbocycles. The molecule has 1 amide bonds. The molecule has 1 atom stereocenters. The summed E-state index contributed by atoms with van der Waals surface area (Å²) in [5, 5.41) is 6.47. The molecule has 25 heavy (non-hydrogen) atoms. The lowest BCUT2D eigenvalue weighted by Gasteiger charge is -2.35. The maximum absolute atomic E-state index is 12.7. The van der Waals surface area contributed by atoms with E-state index in [0.29, 0.717) is 19.1 Å². The first-order chi connectivity index (χ1) is 12.1. The lowest BCUT2D eigenvalue weighted by molar-refractivity contribution is -0.136. The van der Waals surface area contributed by atoms with Crippen LogP contribution in [0.3, 0.4) is 0 Å². The minimum atomic E-state index is -0.379. The Morgan fingerprint density at radius 2 is 2.04 bits per heavy atom. The van der Waals surface area contributed by atoms with E-state index < -0.39 is 0 Å². The monoisotopic (exact) mass is 366 g/mol. The largest absolute Gasteiger partial charge is 0.496 e. The van der Waals surface area contributed by atoms with Crippen molar-refractivity contribution in [2.45, 2.75) is 24.7 Å². The van der Waals surface area contributed by atoms with Gasteiger partial charge in [-0.05, 0) is 44.0 Å². The molecule has 1 fully saturated rings. The molecule has 0 aromatic heterocycles. The molecule has 1 heterocycles. The Balaban J connectivity index is 1.82. The highest BCUT2D eigenvalue weighted by Crippen LogP contribution is 2.31. The van der Waals surface area contributed by atoms with Crippen molar-refractivity contribution in [3.63, 3.8) is 0 Å². The highest BCUT2D eigenvalue weighted by Gasteiger charge is 2.39. The lowest BCUT2D eigenvalue weighted by Crippen LogP contribution is -2.50. The summed E-state index contributed by atoms with van der Waals surface area (Å²) in [5.41, 5.74) is -0.379. The molecular formula is C19H30N2O3S. The van der Waals surface area contributed by atoms with Gasteiger partial charge in [-0.15, -0.1) is 11.8 Å². The van der Waals surface area contributed by atoms with Crippen molar-refractivity contribution < 1.29 is 14.3 Å². The molecular weight excluding hydrogens is 336 g/mol. The van der Waals surface area contributed by atoms with Crippen molar-refractivity contribution in [1.29, 1.82) is 0 Å². The van der Waals surface area contributed by atoms with Crippen LogP contribution in [0.15, 0.2) is 29.2 Å². The quantitative estimate of drug-likeness (QED) is 0.658. The molecule has 6 heteroatoms. The van der Waals surface area contributed by atoms with Crippen LogP contribution in [0, 0.1) is 11.3 Å². The van der Waals surface area contributed by atoms with Gasteiger partial charge in [0.1, 0.15) is 5.75 Å². The van der Waals surface area contributed by atoms with E-state index in [2.05, 4.69) is 23.6 Å². The molecule has 2 N–H and O–H groups in total. The SMILES string of the molecule is COCC1(C(=O)NCC(C)CSc2ccccc2OC)CCNCC1. The van der Waals surface area contributed by atoms with Crippen LogP contribution < -0.4 is 15.4 Å². The second-order valence-electron chi connectivity index (χ2n) is 6.74. The number of methoxy groups -OCH3 is 2. The summed E-state index contributed by atoms with van der Waals surface area (Å²) >= 11 is 1.77. The van der Waals surface area contributed by atoms with E-state index in [1.165, 1.54) is 0 Å². The maximum Gasteiger partial charge on any atom is 0.228 e. The fourth-order valence-corrected chi connectivity index (χ4v) is 4.15. The number of para-hydroxylation sites is 1. The Bertz CT molecular complexity index is 542. The number of thioether (sulfide) groups is 1. The summed E-state index contributed by atoms with van der Waals surface area (Å²) in [7, 11) is 3.36. The molecule has 0 spiro atoms. The fourth-order valence-electron chi connectivity index (χ4n) is 3.10. The molecule has 140 valence electrons. The predicted octanol–water partition coefficient (Wildman–Crippen LogP) is 2.56. The summed E-state index contributed by atoms with van der Waals surface area (Å²) < 4.78 is 10.7. The lowest BCUT2D eigenvalue weighted by atomic mass is 9.78. The van der Waals surface area contributed by atoms with Crippen molar-refractivity contribution in [3.8, 4) is 5.75 Å². The van der Waals surface area contributed by atoms with Crippen molar-refractivity contribution in [2.75, 3.05) is 46.2 Å². The number of benzene rings is 1. The van der Waals surface area contributed by atoms with Crippen LogP contribution in [-0.2, 0) is 9.53 Å². The van der Waals surface area contributed by atoms with Gasteiger partial charge >= 0.3 is 0 Å². The molecule has 1 aromatic carbocycles. The van der Waals surface area contributed by atoms with Gasteiger partial charge in [-0.2, -0.15) is 0 Å². The summed E-state index contributed by atoms with van der Waals surface area (Å²) in [6.45, 7) is 5.07. The van der Waals surface area contributed by atoms with Gasteiger partial charge in [0.2, 0.25) is 5.91 Å². The standard InChI is InChI=1S/C19H30N2O3S/c1-15(13-25-17-7-5-4-6-16(17)24-3)12-21-18(22)19(14-23-2)8-10-20-11-9-19/h4-7,15,20H,8-14H2,1-3H3,(H,21,22). The second kappa shape index (κ2) is 10.0. The Kier molecular flexibility index (Phi) is 8.06. The maximum atomic E-state index is 12.7. The molecule has 1 aromatic rings. The fraction of sp³-hybridized carbons (Fsp3) is 0.632. The third-order valence-electron chi connectivity index (χ3n) is 4.67. The van der Waals surface area contributed by atoms with Gasteiger partial charge in [0, 0.05) is 24.3 Å². The number of carbonyl (C=O) groups excluding carboxylic acids is 1. The van der Waals surface area contributed by atoms with E-state index in [0.717, 1.165) is 42.3 Å². The van der Waals surface area contributed by atoms with Gasteiger partial charge in [0.25, 0.3) is 0 Å². The predicted molar refractivity (Wildman–Crippen MR) is 102 cm³/mol. The molecule has 1 saturated heterocycles. The summed E-state index contributed by atoms with van der Waals surface area (Å²) in [6.07, 6.45) is 1.66. The van der Waals surface area contributed by atoms with Crippen LogP contribution in [0.4, 0.5) is 0 Å². The minimum absolute atomic E-state index is 0.130. The second-order valence-corrected chi connectivity index (χ2v) is 7.80. The number of hydrogen-bond donors (Lipinski definition) is 2. The summed E-state index contributed by atoms with van der Waals surface area (Å²) in [6, 6.07) is 8.03. The first-order valence-corrected chi connectivity index (χ1v) is 9.83. The van der Waals surface area contributed by atoms with E-state index >= 15 is 0 Å². The molecule has 2 rings (SSSR count). The summed E-state index contributed by atoms with van der Waals surface area (Å²) in [4.78, 5) is 13.9. The number of rotatable bonds is 9. The summed E-state index contributed by atoms with van der Waals surface area (Å²) in [5.74, 6) is 2.34. The van der Waals surface area contributed by atoms with Crippen LogP contribution in [0.5, 0.6) is 5.75 Å². The Hall–Kier alpha value is -1.24. The van der Waals surface area contributed by atoms with Gasteiger partial charge in [0.05, 0.1) is 19.1 Å². The molecule has 1 aliphatic heterocycles. The Morgan fingerprint density at radius 1 is 1.32 bits per heavy atom. The van der Waals surface area contributed by atoms with E-state index in [1.54, 1.807) is 26.0 Å². The molecule has 1 aliphatic rings. The minimum Gasteiger partial charge on any atom is -0.496 e. The van der Waals surface area contributed by atoms with Crippen LogP contribution in [0.1, 0.15) is 19.8 Å². The molecule has 0 radical (unpaired) electrons. The third-order valence-corrected chi connectivity index (χ3v) is 6.05. The number of ether oxygens (including phenoxy) is 2. The van der Waals surface area contributed by atoms with Gasteiger partial charge in [-0.3, -0.25) is 4.79 Å². The number of nitrogens with one attached hydrogen (secondary N) is 2. The van der Waals surface area contributed by atoms with Crippen LogP contribution >= 0.6 is 11.8 Å². The molecule has 1 unspecified atom stereocenters. The van der Waals surface area contributed by atoms with Crippen molar-refractivity contribution >= 4 is 17.7 Å². The molecule has 0 bridgehead atoms. The zero-order valence-electron chi connectivity index (χ0n) is 15.5. The van der Waals surface area contributed by atoms with E-state index in [1.807, 2.05) is 18.2 Å². The number of amides is 1.